The number of hydrogen-bond acceptors (Lipinski definition) is 5. The molecule has 1 aromatic heterocycles. The third-order valence-corrected chi connectivity index (χ3v) is 6.81. The Hall–Kier alpha value is -3.16. The Labute approximate surface area is 188 Å². The van der Waals surface area contributed by atoms with Crippen LogP contribution in [0, 0.1) is 13.8 Å². The van der Waals surface area contributed by atoms with Crippen LogP contribution in [0.5, 0.6) is 0 Å². The van der Waals surface area contributed by atoms with Crippen molar-refractivity contribution in [1.82, 2.24) is 4.98 Å². The highest BCUT2D eigenvalue weighted by Gasteiger charge is 2.11. The second-order valence-electron chi connectivity index (χ2n) is 7.14. The predicted octanol–water partition coefficient (Wildman–Crippen LogP) is 5.90. The van der Waals surface area contributed by atoms with E-state index in [1.165, 1.54) is 28.7 Å². The Balaban J connectivity index is 1.39. The summed E-state index contributed by atoms with van der Waals surface area (Å²) in [5.74, 6) is 0.0687. The molecule has 0 saturated heterocycles. The second kappa shape index (κ2) is 9.32. The summed E-state index contributed by atoms with van der Waals surface area (Å²) in [6, 6.07) is 20.7. The average Bonchev–Trinajstić information content (AvgIpc) is 3.17. The number of aromatic nitrogens is 1. The largest absolute Gasteiger partial charge is 0.325 e. The Morgan fingerprint density at radius 2 is 1.77 bits per heavy atom. The van der Waals surface area contributed by atoms with Gasteiger partial charge in [0.15, 0.2) is 4.34 Å². The number of anilines is 2. The second-order valence-corrected chi connectivity index (χ2v) is 9.39. The molecule has 5 nitrogen and oxygen atoms in total. The van der Waals surface area contributed by atoms with Crippen LogP contribution in [0.15, 0.2) is 71.1 Å². The van der Waals surface area contributed by atoms with Gasteiger partial charge in [-0.1, -0.05) is 47.7 Å². The van der Waals surface area contributed by atoms with Crippen LogP contribution in [0.4, 0.5) is 11.4 Å². The monoisotopic (exact) mass is 447 g/mol. The third kappa shape index (κ3) is 5.31. The van der Waals surface area contributed by atoms with E-state index in [1.807, 2.05) is 68.4 Å². The van der Waals surface area contributed by atoms with E-state index in [-0.39, 0.29) is 17.6 Å². The van der Waals surface area contributed by atoms with Crippen LogP contribution in [0.2, 0.25) is 0 Å². The quantitative estimate of drug-likeness (QED) is 0.361. The van der Waals surface area contributed by atoms with Crippen LogP contribution in [-0.4, -0.2) is 22.6 Å². The van der Waals surface area contributed by atoms with Gasteiger partial charge in [0.05, 0.1) is 16.0 Å². The molecular weight excluding hydrogens is 426 g/mol. The highest BCUT2D eigenvalue weighted by atomic mass is 32.2. The van der Waals surface area contributed by atoms with Crippen LogP contribution in [0.25, 0.3) is 10.2 Å². The lowest BCUT2D eigenvalue weighted by Crippen LogP contribution is -2.14. The first-order valence-corrected chi connectivity index (χ1v) is 11.5. The first-order valence-electron chi connectivity index (χ1n) is 9.75. The van der Waals surface area contributed by atoms with Crippen LogP contribution in [-0.2, 0) is 4.79 Å². The fourth-order valence-electron chi connectivity index (χ4n) is 3.10. The predicted molar refractivity (Wildman–Crippen MR) is 129 cm³/mol. The molecule has 2 N–H and O–H groups in total. The van der Waals surface area contributed by atoms with Gasteiger partial charge in [-0.3, -0.25) is 9.59 Å². The molecule has 3 aromatic carbocycles. The van der Waals surface area contributed by atoms with Crippen molar-refractivity contribution in [2.24, 2.45) is 0 Å². The van der Waals surface area contributed by atoms with Gasteiger partial charge in [-0.05, 0) is 55.8 Å². The number of thioether (sulfide) groups is 1. The van der Waals surface area contributed by atoms with Crippen LogP contribution >= 0.6 is 23.1 Å². The molecule has 0 saturated carbocycles. The summed E-state index contributed by atoms with van der Waals surface area (Å²) in [5.41, 5.74) is 5.22. The molecule has 0 unspecified atom stereocenters. The van der Waals surface area contributed by atoms with Gasteiger partial charge in [0, 0.05) is 16.9 Å². The van der Waals surface area contributed by atoms with Gasteiger partial charge in [-0.25, -0.2) is 4.98 Å². The summed E-state index contributed by atoms with van der Waals surface area (Å²) in [4.78, 5) is 29.3. The highest BCUT2D eigenvalue weighted by molar-refractivity contribution is 8.01. The minimum atomic E-state index is -0.151. The van der Waals surface area contributed by atoms with Crippen molar-refractivity contribution in [3.63, 3.8) is 0 Å². The number of carbonyl (C=O) groups is 2. The molecule has 0 fully saturated rings. The summed E-state index contributed by atoms with van der Waals surface area (Å²) in [6.07, 6.45) is 0. The summed E-state index contributed by atoms with van der Waals surface area (Å²) in [7, 11) is 0. The number of rotatable bonds is 6. The lowest BCUT2D eigenvalue weighted by Gasteiger charge is -2.08. The van der Waals surface area contributed by atoms with Gasteiger partial charge in [0.2, 0.25) is 5.91 Å². The average molecular weight is 448 g/mol. The smallest absolute Gasteiger partial charge is 0.255 e. The molecule has 1 heterocycles. The van der Waals surface area contributed by atoms with Crippen molar-refractivity contribution < 1.29 is 9.59 Å². The van der Waals surface area contributed by atoms with Crippen LogP contribution < -0.4 is 10.6 Å². The number of amides is 2. The SMILES string of the molecule is Cc1ccc(NC(=O)CSc2nc3ccc(NC(=O)c4ccccc4)cc3s2)c(C)c1. The number of aryl methyl sites for hydroxylation is 2. The lowest BCUT2D eigenvalue weighted by molar-refractivity contribution is -0.113. The molecule has 4 aromatic rings. The maximum Gasteiger partial charge on any atom is 0.255 e. The number of fused-ring (bicyclic) bond motifs is 1. The fourth-order valence-corrected chi connectivity index (χ4v) is 5.01. The minimum Gasteiger partial charge on any atom is -0.325 e. The van der Waals surface area contributed by atoms with E-state index in [2.05, 4.69) is 15.6 Å². The van der Waals surface area contributed by atoms with Gasteiger partial charge < -0.3 is 10.6 Å². The zero-order chi connectivity index (χ0) is 21.8. The number of hydrogen-bond donors (Lipinski definition) is 2. The molecule has 0 radical (unpaired) electrons. The number of nitrogens with one attached hydrogen (secondary N) is 2. The van der Waals surface area contributed by atoms with Crippen molar-refractivity contribution >= 4 is 56.5 Å². The zero-order valence-corrected chi connectivity index (χ0v) is 18.8. The Morgan fingerprint density at radius 1 is 0.968 bits per heavy atom. The first-order chi connectivity index (χ1) is 15.0. The Kier molecular flexibility index (Phi) is 6.34. The third-order valence-electron chi connectivity index (χ3n) is 4.65. The van der Waals surface area contributed by atoms with E-state index in [4.69, 9.17) is 0 Å². The molecule has 0 bridgehead atoms. The van der Waals surface area contributed by atoms with Gasteiger partial charge in [-0.15, -0.1) is 11.3 Å². The lowest BCUT2D eigenvalue weighted by atomic mass is 10.1. The fraction of sp³-hybridized carbons (Fsp3) is 0.125. The van der Waals surface area contributed by atoms with E-state index in [1.54, 1.807) is 12.1 Å². The molecule has 31 heavy (non-hydrogen) atoms. The normalized spacial score (nSPS) is 10.8. The minimum absolute atomic E-state index is 0.0629. The number of carbonyl (C=O) groups excluding carboxylic acids is 2. The molecule has 0 atom stereocenters. The van der Waals surface area contributed by atoms with Crippen molar-refractivity contribution in [2.75, 3.05) is 16.4 Å². The maximum atomic E-state index is 12.4. The molecule has 0 aliphatic rings. The van der Waals surface area contributed by atoms with Crippen molar-refractivity contribution in [3.05, 3.63) is 83.4 Å². The highest BCUT2D eigenvalue weighted by Crippen LogP contribution is 2.31. The van der Waals surface area contributed by atoms with E-state index in [0.29, 0.717) is 11.3 Å². The standard InChI is InChI=1S/C24H21N3O2S2/c1-15-8-10-19(16(2)12-15)26-22(28)14-30-24-27-20-11-9-18(13-21(20)31-24)25-23(29)17-6-4-3-5-7-17/h3-13H,14H2,1-2H3,(H,25,29)(H,26,28). The maximum absolute atomic E-state index is 12.4. The van der Waals surface area contributed by atoms with Gasteiger partial charge in [0.25, 0.3) is 5.91 Å². The summed E-state index contributed by atoms with van der Waals surface area (Å²) < 4.78 is 1.78. The molecule has 156 valence electrons. The first kappa shape index (κ1) is 21.1. The Bertz CT molecular complexity index is 1250. The van der Waals surface area contributed by atoms with Gasteiger partial charge in [-0.2, -0.15) is 0 Å². The summed E-state index contributed by atoms with van der Waals surface area (Å²) in [6.45, 7) is 4.01. The summed E-state index contributed by atoms with van der Waals surface area (Å²) in [5, 5.41) is 5.87. The molecule has 0 aliphatic carbocycles. The summed E-state index contributed by atoms with van der Waals surface area (Å²) >= 11 is 2.92. The van der Waals surface area contributed by atoms with Crippen LogP contribution in [0.3, 0.4) is 0 Å². The number of nitrogens with zero attached hydrogens (tertiary/aromatic N) is 1. The molecule has 7 heteroatoms. The van der Waals surface area contributed by atoms with E-state index in [9.17, 15) is 9.59 Å². The topological polar surface area (TPSA) is 71.1 Å². The van der Waals surface area contributed by atoms with Gasteiger partial charge in [0.1, 0.15) is 0 Å². The molecule has 2 amide bonds. The van der Waals surface area contributed by atoms with E-state index >= 15 is 0 Å². The molecule has 4 rings (SSSR count). The van der Waals surface area contributed by atoms with E-state index < -0.39 is 0 Å². The van der Waals surface area contributed by atoms with Crippen molar-refractivity contribution in [1.29, 1.82) is 0 Å². The van der Waals surface area contributed by atoms with Crippen molar-refractivity contribution in [3.8, 4) is 0 Å². The number of thiazole rings is 1. The van der Waals surface area contributed by atoms with Crippen LogP contribution in [0.1, 0.15) is 21.5 Å². The Morgan fingerprint density at radius 3 is 2.55 bits per heavy atom. The molecular formula is C24H21N3O2S2. The van der Waals surface area contributed by atoms with Gasteiger partial charge >= 0.3 is 0 Å². The number of benzene rings is 3. The van der Waals surface area contributed by atoms with E-state index in [0.717, 1.165) is 25.8 Å². The molecule has 0 spiro atoms. The van der Waals surface area contributed by atoms with Crippen molar-refractivity contribution in [2.45, 2.75) is 18.2 Å². The zero-order valence-electron chi connectivity index (χ0n) is 17.1. The molecule has 0 aliphatic heterocycles.